The van der Waals surface area contributed by atoms with Crippen molar-refractivity contribution in [2.75, 3.05) is 7.11 Å². The van der Waals surface area contributed by atoms with E-state index in [0.29, 0.717) is 5.56 Å². The molecule has 0 unspecified atom stereocenters. The van der Waals surface area contributed by atoms with Crippen LogP contribution in [0.2, 0.25) is 0 Å². The van der Waals surface area contributed by atoms with Crippen molar-refractivity contribution in [1.82, 2.24) is 0 Å². The molecule has 110 valence electrons. The average Bonchev–Trinajstić information content (AvgIpc) is 2.45. The van der Waals surface area contributed by atoms with Gasteiger partial charge in [-0.15, -0.1) is 0 Å². The Morgan fingerprint density at radius 2 is 1.86 bits per heavy atom. The van der Waals surface area contributed by atoms with Crippen LogP contribution < -0.4 is 4.74 Å². The third kappa shape index (κ3) is 3.39. The molecule has 0 saturated heterocycles. The molecule has 7 heteroatoms. The third-order valence-corrected chi connectivity index (χ3v) is 3.64. The topological polar surface area (TPSA) is 96.2 Å². The van der Waals surface area contributed by atoms with Gasteiger partial charge in [0.05, 0.1) is 12.8 Å². The summed E-state index contributed by atoms with van der Waals surface area (Å²) in [6, 6.07) is 10.6. The summed E-state index contributed by atoms with van der Waals surface area (Å²) in [7, 11) is -2.94. The minimum atomic E-state index is -4.36. The van der Waals surface area contributed by atoms with E-state index in [2.05, 4.69) is 4.99 Å². The van der Waals surface area contributed by atoms with Crippen LogP contribution in [0.15, 0.2) is 52.4 Å². The van der Waals surface area contributed by atoms with E-state index in [1.54, 1.807) is 24.3 Å². The minimum absolute atomic E-state index is 0.0715. The number of nitrogens with zero attached hydrogens (tertiary/aromatic N) is 1. The van der Waals surface area contributed by atoms with Crippen molar-refractivity contribution in [3.63, 3.8) is 0 Å². The molecule has 0 aliphatic rings. The summed E-state index contributed by atoms with van der Waals surface area (Å²) in [6.45, 7) is 0. The molecule has 0 aromatic heterocycles. The summed E-state index contributed by atoms with van der Waals surface area (Å²) in [4.78, 5) is 3.70. The van der Waals surface area contributed by atoms with Gasteiger partial charge in [-0.1, -0.05) is 18.2 Å². The zero-order valence-electron chi connectivity index (χ0n) is 11.1. The molecule has 2 aromatic carbocycles. The Kier molecular flexibility index (Phi) is 4.25. The number of rotatable bonds is 4. The fraction of sp³-hybridized carbons (Fsp3) is 0.0714. The molecule has 0 aliphatic carbocycles. The van der Waals surface area contributed by atoms with Gasteiger partial charge in [0, 0.05) is 11.8 Å². The molecule has 0 bridgehead atoms. The molecule has 0 atom stereocenters. The molecule has 2 rings (SSSR count). The number of hydrogen-bond acceptors (Lipinski definition) is 5. The quantitative estimate of drug-likeness (QED) is 0.668. The number of methoxy groups -OCH3 is 1. The van der Waals surface area contributed by atoms with Crippen LogP contribution >= 0.6 is 0 Å². The van der Waals surface area contributed by atoms with Crippen molar-refractivity contribution in [1.29, 1.82) is 0 Å². The van der Waals surface area contributed by atoms with Crippen molar-refractivity contribution < 1.29 is 22.8 Å². The van der Waals surface area contributed by atoms with E-state index in [-0.39, 0.29) is 22.1 Å². The number of aromatic hydroxyl groups is 1. The summed E-state index contributed by atoms with van der Waals surface area (Å²) in [6.07, 6.45) is 1.29. The highest BCUT2D eigenvalue weighted by atomic mass is 32.2. The van der Waals surface area contributed by atoms with Crippen LogP contribution in [-0.4, -0.2) is 31.4 Å². The SMILES string of the molecule is COc1cccc(C=Nc2ccccc2S(=O)(=O)O)c1O. The van der Waals surface area contributed by atoms with Crippen molar-refractivity contribution in [2.24, 2.45) is 4.99 Å². The van der Waals surface area contributed by atoms with Gasteiger partial charge in [0.1, 0.15) is 4.90 Å². The van der Waals surface area contributed by atoms with Gasteiger partial charge >= 0.3 is 0 Å². The Morgan fingerprint density at radius 3 is 2.52 bits per heavy atom. The van der Waals surface area contributed by atoms with E-state index in [1.807, 2.05) is 0 Å². The van der Waals surface area contributed by atoms with Crippen LogP contribution in [0.4, 0.5) is 5.69 Å². The van der Waals surface area contributed by atoms with Crippen molar-refractivity contribution in [3.05, 3.63) is 48.0 Å². The maximum Gasteiger partial charge on any atom is 0.296 e. The molecule has 6 nitrogen and oxygen atoms in total. The summed E-state index contributed by atoms with van der Waals surface area (Å²) in [5.41, 5.74) is 0.432. The van der Waals surface area contributed by atoms with Gasteiger partial charge in [-0.3, -0.25) is 9.55 Å². The van der Waals surface area contributed by atoms with Crippen molar-refractivity contribution >= 4 is 22.0 Å². The molecular formula is C14H13NO5S. The number of hydrogen-bond donors (Lipinski definition) is 2. The van der Waals surface area contributed by atoms with Crippen LogP contribution in [0.1, 0.15) is 5.56 Å². The van der Waals surface area contributed by atoms with E-state index in [0.717, 1.165) is 0 Å². The van der Waals surface area contributed by atoms with Gasteiger partial charge in [0.2, 0.25) is 0 Å². The highest BCUT2D eigenvalue weighted by Crippen LogP contribution is 2.29. The zero-order valence-corrected chi connectivity index (χ0v) is 11.9. The molecule has 0 spiro atoms. The molecular weight excluding hydrogens is 294 g/mol. The van der Waals surface area contributed by atoms with Crippen LogP contribution in [0.3, 0.4) is 0 Å². The van der Waals surface area contributed by atoms with Gasteiger partial charge in [-0.2, -0.15) is 8.42 Å². The van der Waals surface area contributed by atoms with Crippen LogP contribution in [0, 0.1) is 0 Å². The predicted molar refractivity (Wildman–Crippen MR) is 78.2 cm³/mol. The molecule has 21 heavy (non-hydrogen) atoms. The van der Waals surface area contributed by atoms with Crippen molar-refractivity contribution in [3.8, 4) is 11.5 Å². The van der Waals surface area contributed by atoms with E-state index >= 15 is 0 Å². The fourth-order valence-electron chi connectivity index (χ4n) is 1.73. The highest BCUT2D eigenvalue weighted by Gasteiger charge is 2.14. The van der Waals surface area contributed by atoms with E-state index in [9.17, 15) is 13.5 Å². The lowest BCUT2D eigenvalue weighted by Crippen LogP contribution is -1.98. The first kappa shape index (κ1) is 15.0. The Bertz CT molecular complexity index is 784. The molecule has 2 N–H and O–H groups in total. The fourth-order valence-corrected chi connectivity index (χ4v) is 2.36. The lowest BCUT2D eigenvalue weighted by Gasteiger charge is -2.05. The first-order valence-corrected chi connectivity index (χ1v) is 7.34. The van der Waals surface area contributed by atoms with Gasteiger partial charge < -0.3 is 9.84 Å². The second-order valence-electron chi connectivity index (χ2n) is 4.10. The number of phenols is 1. The first-order chi connectivity index (χ1) is 9.93. The predicted octanol–water partition coefficient (Wildman–Crippen LogP) is 2.40. The summed E-state index contributed by atoms with van der Waals surface area (Å²) in [5.74, 6) is 0.176. The second kappa shape index (κ2) is 5.94. The molecule has 0 amide bonds. The lowest BCUT2D eigenvalue weighted by molar-refractivity contribution is 0.373. The molecule has 0 saturated carbocycles. The van der Waals surface area contributed by atoms with Gasteiger partial charge in [0.25, 0.3) is 10.1 Å². The minimum Gasteiger partial charge on any atom is -0.504 e. The molecule has 0 heterocycles. The molecule has 0 aliphatic heterocycles. The smallest absolute Gasteiger partial charge is 0.296 e. The van der Waals surface area contributed by atoms with Crippen LogP contribution in [-0.2, 0) is 10.1 Å². The Balaban J connectivity index is 2.44. The Morgan fingerprint density at radius 1 is 1.14 bits per heavy atom. The summed E-state index contributed by atoms with van der Waals surface area (Å²) < 4.78 is 36.6. The van der Waals surface area contributed by atoms with E-state index in [1.165, 1.54) is 31.5 Å². The summed E-state index contributed by atoms with van der Waals surface area (Å²) in [5, 5.41) is 9.91. The number of ether oxygens (including phenoxy) is 1. The van der Waals surface area contributed by atoms with Gasteiger partial charge in [-0.05, 0) is 24.3 Å². The summed E-state index contributed by atoms with van der Waals surface area (Å²) >= 11 is 0. The lowest BCUT2D eigenvalue weighted by atomic mass is 10.2. The number of phenolic OH excluding ortho intramolecular Hbond substituents is 1. The molecule has 0 radical (unpaired) electrons. The van der Waals surface area contributed by atoms with E-state index in [4.69, 9.17) is 9.29 Å². The maximum atomic E-state index is 11.2. The average molecular weight is 307 g/mol. The zero-order chi connectivity index (χ0) is 15.5. The maximum absolute atomic E-state index is 11.2. The van der Waals surface area contributed by atoms with Gasteiger partial charge in [-0.25, -0.2) is 0 Å². The van der Waals surface area contributed by atoms with Crippen LogP contribution in [0.5, 0.6) is 11.5 Å². The Labute approximate surface area is 122 Å². The number of aliphatic imine (C=N–C) groups is 1. The highest BCUT2D eigenvalue weighted by molar-refractivity contribution is 7.86. The standard InChI is InChI=1S/C14H13NO5S/c1-20-12-7-4-5-10(14(12)16)9-15-11-6-2-3-8-13(11)21(17,18)19/h2-9,16H,1H3,(H,17,18,19). The number of para-hydroxylation sites is 2. The normalized spacial score (nSPS) is 11.7. The monoisotopic (exact) mass is 307 g/mol. The number of benzene rings is 2. The Hall–Kier alpha value is -2.38. The molecule has 0 fully saturated rings. The molecule has 2 aromatic rings. The van der Waals surface area contributed by atoms with E-state index < -0.39 is 10.1 Å². The van der Waals surface area contributed by atoms with Crippen molar-refractivity contribution in [2.45, 2.75) is 4.90 Å². The third-order valence-electron chi connectivity index (χ3n) is 2.74. The second-order valence-corrected chi connectivity index (χ2v) is 5.49. The van der Waals surface area contributed by atoms with Gasteiger partial charge in [0.15, 0.2) is 11.5 Å². The van der Waals surface area contributed by atoms with Crippen LogP contribution in [0.25, 0.3) is 0 Å². The largest absolute Gasteiger partial charge is 0.504 e. The first-order valence-electron chi connectivity index (χ1n) is 5.90.